The summed E-state index contributed by atoms with van der Waals surface area (Å²) in [6.07, 6.45) is 1.90. The number of nitro groups is 1. The average molecular weight is 296 g/mol. The molecule has 1 amide bonds. The first-order chi connectivity index (χ1) is 10.6. The maximum Gasteiger partial charge on any atom is 0.272 e. The number of hydrogen-bond acceptors (Lipinski definition) is 3. The third-order valence-electron chi connectivity index (χ3n) is 4.00. The number of aryl methyl sites for hydroxylation is 2. The summed E-state index contributed by atoms with van der Waals surface area (Å²) in [4.78, 5) is 25.0. The third kappa shape index (κ3) is 2.45. The fraction of sp³-hybridized carbons (Fsp3) is 0.235. The van der Waals surface area contributed by atoms with Gasteiger partial charge in [0.2, 0.25) is 0 Å². The number of nitrogens with zero attached hydrogens (tertiary/aromatic N) is 2. The zero-order chi connectivity index (χ0) is 15.7. The largest absolute Gasteiger partial charge is 0.308 e. The predicted octanol–water partition coefficient (Wildman–Crippen LogP) is 3.50. The molecule has 1 aliphatic heterocycles. The molecule has 0 radical (unpaired) electrons. The SMILES string of the molecule is Cc1cc(C(=O)N2CCCc3ccccc32)ccc1[N+](=O)[O-]. The van der Waals surface area contributed by atoms with Crippen LogP contribution in [0.2, 0.25) is 0 Å². The van der Waals surface area contributed by atoms with Gasteiger partial charge in [-0.15, -0.1) is 0 Å². The lowest BCUT2D eigenvalue weighted by atomic mass is 10.0. The Kier molecular flexibility index (Phi) is 3.63. The maximum atomic E-state index is 12.8. The number of rotatable bonds is 2. The van der Waals surface area contributed by atoms with Crippen LogP contribution in [0.5, 0.6) is 0 Å². The molecule has 0 N–H and O–H groups in total. The highest BCUT2D eigenvalue weighted by atomic mass is 16.6. The van der Waals surface area contributed by atoms with E-state index in [1.165, 1.54) is 17.7 Å². The van der Waals surface area contributed by atoms with Crippen LogP contribution in [0.4, 0.5) is 11.4 Å². The Labute approximate surface area is 128 Å². The molecule has 3 rings (SSSR count). The first kappa shape index (κ1) is 14.3. The topological polar surface area (TPSA) is 63.5 Å². The minimum atomic E-state index is -0.431. The van der Waals surface area contributed by atoms with Gasteiger partial charge >= 0.3 is 0 Å². The Balaban J connectivity index is 1.95. The molecular formula is C17H16N2O3. The summed E-state index contributed by atoms with van der Waals surface area (Å²) in [5.41, 5.74) is 3.13. The van der Waals surface area contributed by atoms with Crippen molar-refractivity contribution in [3.8, 4) is 0 Å². The quantitative estimate of drug-likeness (QED) is 0.629. The number of fused-ring (bicyclic) bond motifs is 1. The van der Waals surface area contributed by atoms with E-state index in [1.54, 1.807) is 17.9 Å². The summed E-state index contributed by atoms with van der Waals surface area (Å²) in [6.45, 7) is 2.32. The number of para-hydroxylation sites is 1. The highest BCUT2D eigenvalue weighted by Gasteiger charge is 2.24. The van der Waals surface area contributed by atoms with Crippen LogP contribution in [0.15, 0.2) is 42.5 Å². The van der Waals surface area contributed by atoms with Crippen molar-refractivity contribution < 1.29 is 9.72 Å². The summed E-state index contributed by atoms with van der Waals surface area (Å²) in [5.74, 6) is -0.106. The summed E-state index contributed by atoms with van der Waals surface area (Å²) in [7, 11) is 0. The molecule has 1 aliphatic rings. The van der Waals surface area contributed by atoms with E-state index < -0.39 is 4.92 Å². The minimum absolute atomic E-state index is 0.0376. The molecule has 0 fully saturated rings. The first-order valence-electron chi connectivity index (χ1n) is 7.23. The van der Waals surface area contributed by atoms with Crippen LogP contribution in [0.25, 0.3) is 0 Å². The molecule has 112 valence electrons. The van der Waals surface area contributed by atoms with Gasteiger partial charge in [-0.1, -0.05) is 18.2 Å². The molecule has 5 nitrogen and oxygen atoms in total. The van der Waals surface area contributed by atoms with Crippen LogP contribution in [0.3, 0.4) is 0 Å². The van der Waals surface area contributed by atoms with Crippen LogP contribution in [-0.2, 0) is 6.42 Å². The van der Waals surface area contributed by atoms with Gasteiger partial charge in [-0.05, 0) is 43.5 Å². The highest BCUT2D eigenvalue weighted by Crippen LogP contribution is 2.29. The average Bonchev–Trinajstić information content (AvgIpc) is 2.53. The van der Waals surface area contributed by atoms with Gasteiger partial charge in [0, 0.05) is 29.4 Å². The van der Waals surface area contributed by atoms with Crippen LogP contribution in [-0.4, -0.2) is 17.4 Å². The number of hydrogen-bond donors (Lipinski definition) is 0. The van der Waals surface area contributed by atoms with Crippen molar-refractivity contribution in [2.45, 2.75) is 19.8 Å². The van der Waals surface area contributed by atoms with Crippen LogP contribution in [0.1, 0.15) is 27.9 Å². The van der Waals surface area contributed by atoms with Crippen molar-refractivity contribution in [1.29, 1.82) is 0 Å². The van der Waals surface area contributed by atoms with E-state index in [0.717, 1.165) is 18.5 Å². The van der Waals surface area contributed by atoms with Gasteiger partial charge in [0.05, 0.1) is 4.92 Å². The summed E-state index contributed by atoms with van der Waals surface area (Å²) in [5, 5.41) is 10.9. The Bertz CT molecular complexity index is 755. The van der Waals surface area contributed by atoms with E-state index in [1.807, 2.05) is 24.3 Å². The number of carbonyl (C=O) groups excluding carboxylic acids is 1. The van der Waals surface area contributed by atoms with Crippen molar-refractivity contribution in [3.63, 3.8) is 0 Å². The molecule has 5 heteroatoms. The lowest BCUT2D eigenvalue weighted by Crippen LogP contribution is -2.35. The van der Waals surface area contributed by atoms with E-state index in [4.69, 9.17) is 0 Å². The normalized spacial score (nSPS) is 13.6. The van der Waals surface area contributed by atoms with Crippen molar-refractivity contribution in [2.24, 2.45) is 0 Å². The Morgan fingerprint density at radius 2 is 2.00 bits per heavy atom. The molecule has 0 spiro atoms. The number of nitro benzene ring substituents is 1. The van der Waals surface area contributed by atoms with Crippen molar-refractivity contribution >= 4 is 17.3 Å². The van der Waals surface area contributed by atoms with E-state index in [9.17, 15) is 14.9 Å². The van der Waals surface area contributed by atoms with E-state index in [-0.39, 0.29) is 11.6 Å². The van der Waals surface area contributed by atoms with Gasteiger partial charge in [-0.2, -0.15) is 0 Å². The zero-order valence-corrected chi connectivity index (χ0v) is 12.3. The molecule has 0 unspecified atom stereocenters. The third-order valence-corrected chi connectivity index (χ3v) is 4.00. The fourth-order valence-electron chi connectivity index (χ4n) is 2.89. The second-order valence-electron chi connectivity index (χ2n) is 5.45. The molecule has 2 aromatic carbocycles. The molecule has 0 aromatic heterocycles. The molecular weight excluding hydrogens is 280 g/mol. The van der Waals surface area contributed by atoms with Crippen molar-refractivity contribution in [2.75, 3.05) is 11.4 Å². The Morgan fingerprint density at radius 1 is 1.23 bits per heavy atom. The molecule has 2 aromatic rings. The first-order valence-corrected chi connectivity index (χ1v) is 7.23. The molecule has 0 aliphatic carbocycles. The maximum absolute atomic E-state index is 12.8. The number of carbonyl (C=O) groups is 1. The van der Waals surface area contributed by atoms with Crippen molar-refractivity contribution in [1.82, 2.24) is 0 Å². The van der Waals surface area contributed by atoms with Crippen molar-refractivity contribution in [3.05, 3.63) is 69.3 Å². The van der Waals surface area contributed by atoms with Gasteiger partial charge in [0.15, 0.2) is 0 Å². The minimum Gasteiger partial charge on any atom is -0.308 e. The van der Waals surface area contributed by atoms with Gasteiger partial charge < -0.3 is 4.90 Å². The van der Waals surface area contributed by atoms with Gasteiger partial charge in [-0.25, -0.2) is 0 Å². The number of amides is 1. The van der Waals surface area contributed by atoms with Gasteiger partial charge in [0.25, 0.3) is 11.6 Å². The Morgan fingerprint density at radius 3 is 2.73 bits per heavy atom. The number of anilines is 1. The standard InChI is InChI=1S/C17H16N2O3/c1-12-11-14(8-9-15(12)19(21)22)17(20)18-10-4-6-13-5-2-3-7-16(13)18/h2-3,5,7-9,11H,4,6,10H2,1H3. The zero-order valence-electron chi connectivity index (χ0n) is 12.3. The lowest BCUT2D eigenvalue weighted by molar-refractivity contribution is -0.385. The molecule has 0 saturated carbocycles. The van der Waals surface area contributed by atoms with E-state index in [2.05, 4.69) is 0 Å². The van der Waals surface area contributed by atoms with Gasteiger partial charge in [0.1, 0.15) is 0 Å². The summed E-state index contributed by atoms with van der Waals surface area (Å²) in [6, 6.07) is 12.4. The molecule has 1 heterocycles. The van der Waals surface area contributed by atoms with E-state index in [0.29, 0.717) is 17.7 Å². The summed E-state index contributed by atoms with van der Waals surface area (Å²) >= 11 is 0. The summed E-state index contributed by atoms with van der Waals surface area (Å²) < 4.78 is 0. The smallest absolute Gasteiger partial charge is 0.272 e. The molecule has 0 saturated heterocycles. The van der Waals surface area contributed by atoms with Crippen LogP contribution in [0, 0.1) is 17.0 Å². The van der Waals surface area contributed by atoms with Crippen LogP contribution >= 0.6 is 0 Å². The second-order valence-corrected chi connectivity index (χ2v) is 5.45. The van der Waals surface area contributed by atoms with Crippen LogP contribution < -0.4 is 4.90 Å². The predicted molar refractivity (Wildman–Crippen MR) is 84.3 cm³/mol. The monoisotopic (exact) mass is 296 g/mol. The van der Waals surface area contributed by atoms with E-state index >= 15 is 0 Å². The fourth-order valence-corrected chi connectivity index (χ4v) is 2.89. The molecule has 22 heavy (non-hydrogen) atoms. The van der Waals surface area contributed by atoms with Gasteiger partial charge in [-0.3, -0.25) is 14.9 Å². The number of benzene rings is 2. The molecule has 0 bridgehead atoms. The lowest BCUT2D eigenvalue weighted by Gasteiger charge is -2.29. The second kappa shape index (κ2) is 5.60. The highest BCUT2D eigenvalue weighted by molar-refractivity contribution is 6.07. The molecule has 0 atom stereocenters. The Hall–Kier alpha value is -2.69.